The Morgan fingerprint density at radius 1 is 1.33 bits per heavy atom. The van der Waals surface area contributed by atoms with Crippen LogP contribution in [-0.2, 0) is 11.3 Å². The lowest BCUT2D eigenvalue weighted by molar-refractivity contribution is -0.137. The summed E-state index contributed by atoms with van der Waals surface area (Å²) in [7, 11) is 1.64. The van der Waals surface area contributed by atoms with E-state index in [2.05, 4.69) is 5.43 Å². The van der Waals surface area contributed by atoms with E-state index in [0.29, 0.717) is 6.54 Å². The van der Waals surface area contributed by atoms with Crippen LogP contribution in [0.25, 0.3) is 0 Å². The molecule has 0 aliphatic carbocycles. The van der Waals surface area contributed by atoms with Crippen LogP contribution in [0.3, 0.4) is 0 Å². The molecule has 1 amide bonds. The number of alkyl halides is 3. The monoisotopic (exact) mass is 303 g/mol. The molecule has 0 bridgehead atoms. The molecular formula is C14H20F3N3O. The number of hydrogen-bond acceptors (Lipinski definition) is 3. The Labute approximate surface area is 122 Å². The molecule has 1 unspecified atom stereocenters. The van der Waals surface area contributed by atoms with Gasteiger partial charge in [-0.1, -0.05) is 24.3 Å². The topological polar surface area (TPSA) is 58.4 Å². The number of nitrogens with one attached hydrogen (secondary N) is 1. The Hall–Kier alpha value is -1.60. The lowest BCUT2D eigenvalue weighted by atomic mass is 9.99. The number of rotatable bonds is 6. The molecule has 4 nitrogen and oxygen atoms in total. The predicted octanol–water partition coefficient (Wildman–Crippen LogP) is 2.16. The summed E-state index contributed by atoms with van der Waals surface area (Å²) in [6.07, 6.45) is -4.96. The first-order valence-corrected chi connectivity index (χ1v) is 6.57. The average Bonchev–Trinajstić information content (AvgIpc) is 2.43. The van der Waals surface area contributed by atoms with Crippen molar-refractivity contribution in [1.29, 1.82) is 0 Å². The van der Waals surface area contributed by atoms with E-state index in [4.69, 9.17) is 5.84 Å². The second kappa shape index (κ2) is 7.42. The van der Waals surface area contributed by atoms with Gasteiger partial charge in [0.05, 0.1) is 12.3 Å². The number of nitrogens with two attached hydrogens (primary N) is 1. The Morgan fingerprint density at radius 2 is 1.90 bits per heavy atom. The summed E-state index contributed by atoms with van der Waals surface area (Å²) in [5, 5.41) is 0. The van der Waals surface area contributed by atoms with Crippen molar-refractivity contribution in [3.05, 3.63) is 35.4 Å². The van der Waals surface area contributed by atoms with Gasteiger partial charge in [-0.05, 0) is 25.1 Å². The smallest absolute Gasteiger partial charge is 0.302 e. The van der Waals surface area contributed by atoms with Crippen LogP contribution in [0.2, 0.25) is 0 Å². The van der Waals surface area contributed by atoms with Crippen molar-refractivity contribution in [3.8, 4) is 0 Å². The van der Waals surface area contributed by atoms with Crippen molar-refractivity contribution in [2.45, 2.75) is 32.0 Å². The van der Waals surface area contributed by atoms with E-state index in [9.17, 15) is 18.0 Å². The van der Waals surface area contributed by atoms with Crippen LogP contribution in [0.5, 0.6) is 0 Å². The fourth-order valence-corrected chi connectivity index (χ4v) is 1.90. The van der Waals surface area contributed by atoms with E-state index in [1.807, 2.05) is 0 Å². The summed E-state index contributed by atoms with van der Waals surface area (Å²) >= 11 is 0. The van der Waals surface area contributed by atoms with E-state index in [0.717, 1.165) is 11.1 Å². The standard InChI is InChI=1S/C14H20F3N3O/c1-10(13(21)19-18)12-5-3-11(4-6-12)9-20(2)8-7-14(15,16)17/h3-6,10H,7-9,18H2,1-2H3,(H,19,21). The minimum Gasteiger partial charge on any atom is -0.302 e. The van der Waals surface area contributed by atoms with E-state index in [1.54, 1.807) is 43.1 Å². The number of carbonyl (C=O) groups excluding carboxylic acids is 1. The Kier molecular flexibility index (Phi) is 6.17. The molecule has 0 saturated carbocycles. The van der Waals surface area contributed by atoms with Crippen LogP contribution in [0, 0.1) is 0 Å². The van der Waals surface area contributed by atoms with E-state index >= 15 is 0 Å². The quantitative estimate of drug-likeness (QED) is 0.481. The zero-order valence-electron chi connectivity index (χ0n) is 12.1. The van der Waals surface area contributed by atoms with Gasteiger partial charge in [-0.25, -0.2) is 5.84 Å². The fourth-order valence-electron chi connectivity index (χ4n) is 1.90. The molecule has 3 N–H and O–H groups in total. The third-order valence-electron chi connectivity index (χ3n) is 3.24. The van der Waals surface area contributed by atoms with E-state index in [-0.39, 0.29) is 18.4 Å². The van der Waals surface area contributed by atoms with Crippen LogP contribution >= 0.6 is 0 Å². The summed E-state index contributed by atoms with van der Waals surface area (Å²) in [5.74, 6) is 4.42. The number of carbonyl (C=O) groups is 1. The molecule has 0 aromatic heterocycles. The molecule has 21 heavy (non-hydrogen) atoms. The molecule has 118 valence electrons. The first-order chi connectivity index (χ1) is 9.73. The van der Waals surface area contributed by atoms with Crippen LogP contribution in [0.1, 0.15) is 30.4 Å². The number of amides is 1. The molecule has 1 rings (SSSR count). The lowest BCUT2D eigenvalue weighted by Gasteiger charge is -2.18. The number of hydrogen-bond donors (Lipinski definition) is 2. The predicted molar refractivity (Wildman–Crippen MR) is 74.2 cm³/mol. The Morgan fingerprint density at radius 3 is 2.38 bits per heavy atom. The SMILES string of the molecule is CC(C(=O)NN)c1ccc(CN(C)CCC(F)(F)F)cc1. The Balaban J connectivity index is 2.56. The summed E-state index contributed by atoms with van der Waals surface area (Å²) < 4.78 is 36.4. The molecule has 1 aromatic carbocycles. The zero-order chi connectivity index (χ0) is 16.0. The zero-order valence-corrected chi connectivity index (χ0v) is 12.1. The fraction of sp³-hybridized carbons (Fsp3) is 0.500. The normalized spacial score (nSPS) is 13.3. The van der Waals surface area contributed by atoms with Crippen molar-refractivity contribution in [2.75, 3.05) is 13.6 Å². The summed E-state index contributed by atoms with van der Waals surface area (Å²) in [6, 6.07) is 7.18. The minimum absolute atomic E-state index is 0.0444. The van der Waals surface area contributed by atoms with Gasteiger partial charge in [-0.15, -0.1) is 0 Å². The highest BCUT2D eigenvalue weighted by Gasteiger charge is 2.27. The number of benzene rings is 1. The van der Waals surface area contributed by atoms with Crippen molar-refractivity contribution >= 4 is 5.91 Å². The summed E-state index contributed by atoms with van der Waals surface area (Å²) in [4.78, 5) is 13.0. The van der Waals surface area contributed by atoms with E-state index < -0.39 is 12.6 Å². The summed E-state index contributed by atoms with van der Waals surface area (Å²) in [6.45, 7) is 2.11. The molecule has 0 spiro atoms. The van der Waals surface area contributed by atoms with E-state index in [1.165, 1.54) is 0 Å². The molecule has 1 aromatic rings. The molecule has 1 atom stereocenters. The van der Waals surface area contributed by atoms with Crippen molar-refractivity contribution < 1.29 is 18.0 Å². The third kappa shape index (κ3) is 6.14. The molecule has 0 heterocycles. The van der Waals surface area contributed by atoms with Crippen molar-refractivity contribution in [2.24, 2.45) is 5.84 Å². The lowest BCUT2D eigenvalue weighted by Crippen LogP contribution is -2.33. The first-order valence-electron chi connectivity index (χ1n) is 6.57. The van der Waals surface area contributed by atoms with Gasteiger partial charge in [0.2, 0.25) is 5.91 Å². The van der Waals surface area contributed by atoms with Crippen LogP contribution < -0.4 is 11.3 Å². The molecule has 0 saturated heterocycles. The van der Waals surface area contributed by atoms with Crippen LogP contribution in [-0.4, -0.2) is 30.6 Å². The highest BCUT2D eigenvalue weighted by Crippen LogP contribution is 2.20. The van der Waals surface area contributed by atoms with Crippen LogP contribution in [0.15, 0.2) is 24.3 Å². The number of hydrazine groups is 1. The van der Waals surface area contributed by atoms with Gasteiger partial charge in [-0.3, -0.25) is 10.2 Å². The number of halogens is 3. The first kappa shape index (κ1) is 17.5. The highest BCUT2D eigenvalue weighted by atomic mass is 19.4. The molecular weight excluding hydrogens is 283 g/mol. The maximum atomic E-state index is 12.1. The average molecular weight is 303 g/mol. The molecule has 0 radical (unpaired) electrons. The molecule has 0 fully saturated rings. The largest absolute Gasteiger partial charge is 0.390 e. The maximum absolute atomic E-state index is 12.1. The summed E-state index contributed by atoms with van der Waals surface area (Å²) in [5.41, 5.74) is 3.78. The third-order valence-corrected chi connectivity index (χ3v) is 3.24. The van der Waals surface area contributed by atoms with Gasteiger partial charge in [0, 0.05) is 13.1 Å². The molecule has 0 aliphatic rings. The second-order valence-corrected chi connectivity index (χ2v) is 5.07. The van der Waals surface area contributed by atoms with Gasteiger partial charge in [0.25, 0.3) is 0 Å². The molecule has 7 heteroatoms. The second-order valence-electron chi connectivity index (χ2n) is 5.07. The number of nitrogens with zero attached hydrogens (tertiary/aromatic N) is 1. The maximum Gasteiger partial charge on any atom is 0.390 e. The van der Waals surface area contributed by atoms with Crippen molar-refractivity contribution in [3.63, 3.8) is 0 Å². The minimum atomic E-state index is -4.14. The van der Waals surface area contributed by atoms with Crippen molar-refractivity contribution in [1.82, 2.24) is 10.3 Å². The van der Waals surface area contributed by atoms with Crippen LogP contribution in [0.4, 0.5) is 13.2 Å². The Bertz CT molecular complexity index is 460. The van der Waals surface area contributed by atoms with Gasteiger partial charge < -0.3 is 4.90 Å². The van der Waals surface area contributed by atoms with Gasteiger partial charge >= 0.3 is 6.18 Å². The highest BCUT2D eigenvalue weighted by molar-refractivity contribution is 5.82. The molecule has 0 aliphatic heterocycles. The van der Waals surface area contributed by atoms with Gasteiger partial charge in [0.15, 0.2) is 0 Å². The van der Waals surface area contributed by atoms with Gasteiger partial charge in [-0.2, -0.15) is 13.2 Å². The van der Waals surface area contributed by atoms with Gasteiger partial charge in [0.1, 0.15) is 0 Å².